The smallest absolute Gasteiger partial charge is 0.261 e. The molecule has 0 unspecified atom stereocenters. The summed E-state index contributed by atoms with van der Waals surface area (Å²) in [6.45, 7) is 4.93. The molecule has 8 heteroatoms. The number of rotatable bonds is 6. The minimum Gasteiger partial charge on any atom is -0.339 e. The molecule has 27 heavy (non-hydrogen) atoms. The number of carbonyl (C=O) groups excluding carboxylic acids is 2. The van der Waals surface area contributed by atoms with Crippen molar-refractivity contribution in [3.05, 3.63) is 53.6 Å². The van der Waals surface area contributed by atoms with Gasteiger partial charge in [0.25, 0.3) is 15.9 Å². The number of sulfonamides is 1. The summed E-state index contributed by atoms with van der Waals surface area (Å²) in [6.07, 6.45) is 0.159. The summed E-state index contributed by atoms with van der Waals surface area (Å²) in [7, 11) is -3.84. The summed E-state index contributed by atoms with van der Waals surface area (Å²) in [6, 6.07) is 10.9. The molecule has 142 valence electrons. The van der Waals surface area contributed by atoms with Crippen molar-refractivity contribution in [1.29, 1.82) is 0 Å². The molecule has 0 saturated heterocycles. The van der Waals surface area contributed by atoms with E-state index in [-0.39, 0.29) is 23.1 Å². The van der Waals surface area contributed by atoms with Crippen LogP contribution in [0.15, 0.2) is 47.4 Å². The van der Waals surface area contributed by atoms with Crippen LogP contribution in [0.4, 0.5) is 11.4 Å². The van der Waals surface area contributed by atoms with Gasteiger partial charge in [0.1, 0.15) is 0 Å². The summed E-state index contributed by atoms with van der Waals surface area (Å²) in [5, 5.41) is 2.67. The molecule has 0 radical (unpaired) electrons. The summed E-state index contributed by atoms with van der Waals surface area (Å²) >= 11 is 0. The molecular formula is C19H21N3O4S. The largest absolute Gasteiger partial charge is 0.339 e. The van der Waals surface area contributed by atoms with Gasteiger partial charge in [0, 0.05) is 30.0 Å². The fraction of sp³-hybridized carbons (Fsp3) is 0.263. The first kappa shape index (κ1) is 18.9. The third-order valence-corrected chi connectivity index (χ3v) is 5.80. The third kappa shape index (κ3) is 3.95. The zero-order valence-electron chi connectivity index (χ0n) is 15.2. The van der Waals surface area contributed by atoms with Crippen LogP contribution < -0.4 is 10.0 Å². The van der Waals surface area contributed by atoms with Gasteiger partial charge < -0.3 is 10.2 Å². The molecular weight excluding hydrogens is 366 g/mol. The molecule has 0 fully saturated rings. The maximum absolute atomic E-state index is 12.7. The molecule has 3 rings (SSSR count). The lowest BCUT2D eigenvalue weighted by Gasteiger charge is -2.19. The highest BCUT2D eigenvalue weighted by Crippen LogP contribution is 2.27. The Hall–Kier alpha value is -2.87. The Bertz CT molecular complexity index is 998. The van der Waals surface area contributed by atoms with Crippen LogP contribution in [0.2, 0.25) is 0 Å². The Kier molecular flexibility index (Phi) is 5.18. The van der Waals surface area contributed by atoms with Gasteiger partial charge in [0.05, 0.1) is 11.3 Å². The number of hydrogen-bond donors (Lipinski definition) is 2. The number of hydrogen-bond acceptors (Lipinski definition) is 4. The zero-order valence-corrected chi connectivity index (χ0v) is 16.0. The second kappa shape index (κ2) is 7.40. The maximum atomic E-state index is 12.7. The fourth-order valence-corrected chi connectivity index (χ4v) is 4.10. The Labute approximate surface area is 158 Å². The number of anilines is 2. The second-order valence-corrected chi connectivity index (χ2v) is 7.89. The van der Waals surface area contributed by atoms with Crippen molar-refractivity contribution in [3.63, 3.8) is 0 Å². The SMILES string of the molecule is CCN(CC)C(=O)c1cccc(NS(=O)(=O)c2ccc3c(c2)CC(=O)N3)c1. The van der Waals surface area contributed by atoms with Gasteiger partial charge in [-0.05, 0) is 55.8 Å². The average Bonchev–Trinajstić information content (AvgIpc) is 3.01. The highest BCUT2D eigenvalue weighted by Gasteiger charge is 2.22. The van der Waals surface area contributed by atoms with E-state index in [1.807, 2.05) is 13.8 Å². The van der Waals surface area contributed by atoms with Crippen LogP contribution >= 0.6 is 0 Å². The highest BCUT2D eigenvalue weighted by atomic mass is 32.2. The first-order valence-electron chi connectivity index (χ1n) is 8.69. The van der Waals surface area contributed by atoms with Crippen molar-refractivity contribution in [1.82, 2.24) is 4.90 Å². The first-order chi connectivity index (χ1) is 12.8. The van der Waals surface area contributed by atoms with E-state index in [0.717, 1.165) is 0 Å². The molecule has 7 nitrogen and oxygen atoms in total. The predicted molar refractivity (Wildman–Crippen MR) is 103 cm³/mol. The molecule has 0 saturated carbocycles. The van der Waals surface area contributed by atoms with Crippen LogP contribution in [0.5, 0.6) is 0 Å². The van der Waals surface area contributed by atoms with Crippen LogP contribution in [-0.2, 0) is 21.2 Å². The number of benzene rings is 2. The van der Waals surface area contributed by atoms with Gasteiger partial charge in [0.15, 0.2) is 0 Å². The maximum Gasteiger partial charge on any atom is 0.261 e. The van der Waals surface area contributed by atoms with Gasteiger partial charge in [-0.15, -0.1) is 0 Å². The molecule has 0 atom stereocenters. The van der Waals surface area contributed by atoms with E-state index < -0.39 is 10.0 Å². The van der Waals surface area contributed by atoms with E-state index in [1.165, 1.54) is 18.2 Å². The fourth-order valence-electron chi connectivity index (χ4n) is 3.00. The van der Waals surface area contributed by atoms with Crippen LogP contribution in [0.1, 0.15) is 29.8 Å². The average molecular weight is 387 g/mol. The van der Waals surface area contributed by atoms with E-state index in [1.54, 1.807) is 29.2 Å². The summed E-state index contributed by atoms with van der Waals surface area (Å²) in [5.74, 6) is -0.307. The van der Waals surface area contributed by atoms with E-state index in [4.69, 9.17) is 0 Å². The van der Waals surface area contributed by atoms with E-state index in [0.29, 0.717) is 35.6 Å². The predicted octanol–water partition coefficient (Wildman–Crippen LogP) is 2.46. The van der Waals surface area contributed by atoms with Crippen molar-refractivity contribution in [3.8, 4) is 0 Å². The van der Waals surface area contributed by atoms with Crippen molar-refractivity contribution in [2.75, 3.05) is 23.1 Å². The Morgan fingerprint density at radius 1 is 1.15 bits per heavy atom. The molecule has 1 heterocycles. The number of nitrogens with one attached hydrogen (secondary N) is 2. The monoisotopic (exact) mass is 387 g/mol. The standard InChI is InChI=1S/C19H21N3O4S/c1-3-22(4-2)19(24)13-6-5-7-15(10-13)21-27(25,26)16-8-9-17-14(11-16)12-18(23)20-17/h5-11,21H,3-4,12H2,1-2H3,(H,20,23). The molecule has 1 aliphatic rings. The summed E-state index contributed by atoms with van der Waals surface area (Å²) < 4.78 is 27.9. The number of carbonyl (C=O) groups is 2. The quantitative estimate of drug-likeness (QED) is 0.796. The lowest BCUT2D eigenvalue weighted by Crippen LogP contribution is -2.30. The Balaban J connectivity index is 1.85. The van der Waals surface area contributed by atoms with Gasteiger partial charge >= 0.3 is 0 Å². The molecule has 2 amide bonds. The molecule has 2 aromatic carbocycles. The number of fused-ring (bicyclic) bond motifs is 1. The normalized spacial score (nSPS) is 13.0. The van der Waals surface area contributed by atoms with Gasteiger partial charge in [-0.1, -0.05) is 6.07 Å². The summed E-state index contributed by atoms with van der Waals surface area (Å²) in [4.78, 5) is 25.6. The molecule has 0 bridgehead atoms. The summed E-state index contributed by atoms with van der Waals surface area (Å²) in [5.41, 5.74) is 2.00. The number of amides is 2. The van der Waals surface area contributed by atoms with Gasteiger partial charge in [-0.2, -0.15) is 0 Å². The topological polar surface area (TPSA) is 95.6 Å². The molecule has 0 aromatic heterocycles. The molecule has 2 N–H and O–H groups in total. The van der Waals surface area contributed by atoms with Crippen LogP contribution in [0.3, 0.4) is 0 Å². The second-order valence-electron chi connectivity index (χ2n) is 6.21. The van der Waals surface area contributed by atoms with Crippen LogP contribution in [0.25, 0.3) is 0 Å². The van der Waals surface area contributed by atoms with Gasteiger partial charge in [0.2, 0.25) is 5.91 Å². The van der Waals surface area contributed by atoms with Crippen LogP contribution in [-0.4, -0.2) is 38.2 Å². The number of nitrogens with zero attached hydrogens (tertiary/aromatic N) is 1. The third-order valence-electron chi connectivity index (χ3n) is 4.42. The van der Waals surface area contributed by atoms with Crippen LogP contribution in [0, 0.1) is 0 Å². The van der Waals surface area contributed by atoms with Crippen molar-refractivity contribution in [2.45, 2.75) is 25.2 Å². The zero-order chi connectivity index (χ0) is 19.6. The van der Waals surface area contributed by atoms with Crippen molar-refractivity contribution < 1.29 is 18.0 Å². The lowest BCUT2D eigenvalue weighted by atomic mass is 10.2. The minimum atomic E-state index is -3.84. The van der Waals surface area contributed by atoms with Crippen molar-refractivity contribution in [2.24, 2.45) is 0 Å². The van der Waals surface area contributed by atoms with Gasteiger partial charge in [-0.25, -0.2) is 8.42 Å². The molecule has 2 aromatic rings. The lowest BCUT2D eigenvalue weighted by molar-refractivity contribution is -0.115. The Morgan fingerprint density at radius 3 is 2.59 bits per heavy atom. The Morgan fingerprint density at radius 2 is 1.89 bits per heavy atom. The van der Waals surface area contributed by atoms with Crippen molar-refractivity contribution >= 4 is 33.2 Å². The minimum absolute atomic E-state index is 0.0678. The molecule has 0 aliphatic carbocycles. The highest BCUT2D eigenvalue weighted by molar-refractivity contribution is 7.92. The van der Waals surface area contributed by atoms with E-state index in [9.17, 15) is 18.0 Å². The molecule has 0 spiro atoms. The van der Waals surface area contributed by atoms with E-state index >= 15 is 0 Å². The first-order valence-corrected chi connectivity index (χ1v) is 10.2. The van der Waals surface area contributed by atoms with Gasteiger partial charge in [-0.3, -0.25) is 14.3 Å². The molecule has 1 aliphatic heterocycles. The van der Waals surface area contributed by atoms with E-state index in [2.05, 4.69) is 10.0 Å².